The van der Waals surface area contributed by atoms with Crippen LogP contribution in [0.25, 0.3) is 0 Å². The van der Waals surface area contributed by atoms with E-state index in [-0.39, 0.29) is 5.56 Å². The lowest BCUT2D eigenvalue weighted by molar-refractivity contribution is 1.06. The van der Waals surface area contributed by atoms with Crippen LogP contribution in [0, 0.1) is 0 Å². The molecule has 0 aromatic carbocycles. The van der Waals surface area contributed by atoms with E-state index in [4.69, 9.17) is 0 Å². The minimum Gasteiger partial charge on any atom is -0.268 e. The molecule has 0 fully saturated rings. The maximum absolute atomic E-state index is 11.1. The van der Waals surface area contributed by atoms with Crippen molar-refractivity contribution in [2.24, 2.45) is 0 Å². The zero-order valence-corrected chi connectivity index (χ0v) is 7.47. The second-order valence-electron chi connectivity index (χ2n) is 2.52. The number of hydrogen-bond acceptors (Lipinski definition) is 2. The number of nitrogens with zero attached hydrogens (tertiary/aromatic N) is 1. The lowest BCUT2D eigenvalue weighted by Crippen LogP contribution is -2.13. The minimum atomic E-state index is 0.0474. The third kappa shape index (κ3) is 2.42. The Hall–Kier alpha value is -0.700. The molecule has 60 valence electrons. The van der Waals surface area contributed by atoms with Gasteiger partial charge in [0.05, 0.1) is 0 Å². The van der Waals surface area contributed by atoms with Gasteiger partial charge in [0.15, 0.2) is 0 Å². The number of rotatable bonds is 2. The van der Waals surface area contributed by atoms with Crippen molar-refractivity contribution in [3.05, 3.63) is 34.7 Å². The lowest BCUT2D eigenvalue weighted by atomic mass is 10.5. The molecule has 0 spiro atoms. The van der Waals surface area contributed by atoms with Crippen LogP contribution >= 0.6 is 11.9 Å². The quantitative estimate of drug-likeness (QED) is 0.673. The Bertz CT molecular complexity index is 279. The predicted octanol–water partition coefficient (Wildman–Crippen LogP) is 1.75. The van der Waals surface area contributed by atoms with Crippen molar-refractivity contribution in [2.45, 2.75) is 19.1 Å². The van der Waals surface area contributed by atoms with Crippen molar-refractivity contribution in [2.75, 3.05) is 0 Å². The van der Waals surface area contributed by atoms with Gasteiger partial charge in [-0.1, -0.05) is 19.9 Å². The van der Waals surface area contributed by atoms with Crippen LogP contribution < -0.4 is 5.56 Å². The highest BCUT2D eigenvalue weighted by Gasteiger charge is 1.96. The van der Waals surface area contributed by atoms with Gasteiger partial charge in [-0.3, -0.25) is 8.77 Å². The highest BCUT2D eigenvalue weighted by atomic mass is 32.2. The number of aromatic nitrogens is 1. The standard InChI is InChI=1S/C8H11NOS/c1-7(2)11-9-6-4-3-5-8(9)10/h3-7H,1-2H3. The molecule has 1 aromatic rings. The van der Waals surface area contributed by atoms with Gasteiger partial charge in [-0.05, 0) is 18.0 Å². The molecule has 0 unspecified atom stereocenters. The Kier molecular flexibility index (Phi) is 2.76. The fourth-order valence-corrected chi connectivity index (χ4v) is 1.49. The van der Waals surface area contributed by atoms with Gasteiger partial charge >= 0.3 is 0 Å². The summed E-state index contributed by atoms with van der Waals surface area (Å²) < 4.78 is 1.64. The molecule has 0 atom stereocenters. The smallest absolute Gasteiger partial charge is 0.260 e. The van der Waals surface area contributed by atoms with Crippen molar-refractivity contribution in [3.63, 3.8) is 0 Å². The van der Waals surface area contributed by atoms with E-state index in [0.29, 0.717) is 5.25 Å². The van der Waals surface area contributed by atoms with Crippen LogP contribution in [0.3, 0.4) is 0 Å². The molecular formula is C8H11NOS. The zero-order chi connectivity index (χ0) is 8.27. The van der Waals surface area contributed by atoms with E-state index in [1.807, 2.05) is 6.07 Å². The van der Waals surface area contributed by atoms with Gasteiger partial charge in [0.1, 0.15) is 0 Å². The molecule has 3 heteroatoms. The van der Waals surface area contributed by atoms with Crippen LogP contribution in [0.15, 0.2) is 29.2 Å². The van der Waals surface area contributed by atoms with Gasteiger partial charge < -0.3 is 0 Å². The van der Waals surface area contributed by atoms with E-state index in [2.05, 4.69) is 13.8 Å². The Morgan fingerprint density at radius 1 is 1.45 bits per heavy atom. The summed E-state index contributed by atoms with van der Waals surface area (Å²) >= 11 is 1.53. The minimum absolute atomic E-state index is 0.0474. The SMILES string of the molecule is CC(C)Sn1ccccc1=O. The van der Waals surface area contributed by atoms with Crippen LogP contribution in [-0.4, -0.2) is 9.22 Å². The first-order chi connectivity index (χ1) is 5.20. The maximum atomic E-state index is 11.1. The molecule has 0 N–H and O–H groups in total. The Morgan fingerprint density at radius 2 is 2.18 bits per heavy atom. The third-order valence-corrected chi connectivity index (χ3v) is 2.06. The van der Waals surface area contributed by atoms with Crippen molar-refractivity contribution < 1.29 is 0 Å². The van der Waals surface area contributed by atoms with Crippen molar-refractivity contribution >= 4 is 11.9 Å². The van der Waals surface area contributed by atoms with E-state index in [1.54, 1.807) is 22.3 Å². The second kappa shape index (κ2) is 3.62. The van der Waals surface area contributed by atoms with Crippen molar-refractivity contribution in [1.82, 2.24) is 3.97 Å². The van der Waals surface area contributed by atoms with E-state index in [0.717, 1.165) is 0 Å². The van der Waals surface area contributed by atoms with Gasteiger partial charge in [0.2, 0.25) is 0 Å². The van der Waals surface area contributed by atoms with Crippen LogP contribution in [-0.2, 0) is 0 Å². The zero-order valence-electron chi connectivity index (χ0n) is 6.65. The Morgan fingerprint density at radius 3 is 2.73 bits per heavy atom. The third-order valence-electron chi connectivity index (χ3n) is 1.11. The topological polar surface area (TPSA) is 22.0 Å². The number of pyridine rings is 1. The summed E-state index contributed by atoms with van der Waals surface area (Å²) in [5.74, 6) is 0. The molecule has 0 bridgehead atoms. The van der Waals surface area contributed by atoms with Gasteiger partial charge in [0.25, 0.3) is 5.56 Å². The highest BCUT2D eigenvalue weighted by Crippen LogP contribution is 2.08. The molecule has 11 heavy (non-hydrogen) atoms. The van der Waals surface area contributed by atoms with E-state index in [9.17, 15) is 4.79 Å². The van der Waals surface area contributed by atoms with Gasteiger partial charge in [-0.2, -0.15) is 0 Å². The lowest BCUT2D eigenvalue weighted by Gasteiger charge is -2.05. The summed E-state index contributed by atoms with van der Waals surface area (Å²) in [6.07, 6.45) is 1.78. The molecule has 0 amide bonds. The molecule has 1 heterocycles. The van der Waals surface area contributed by atoms with Crippen LogP contribution in [0.4, 0.5) is 0 Å². The van der Waals surface area contributed by atoms with E-state index >= 15 is 0 Å². The average molecular weight is 169 g/mol. The first kappa shape index (κ1) is 8.40. The average Bonchev–Trinajstić information content (AvgIpc) is 1.93. The summed E-state index contributed by atoms with van der Waals surface area (Å²) in [6, 6.07) is 5.17. The Balaban J connectivity index is 2.87. The Labute approximate surface area is 70.4 Å². The number of hydrogen-bond donors (Lipinski definition) is 0. The van der Waals surface area contributed by atoms with Crippen LogP contribution in [0.2, 0.25) is 0 Å². The van der Waals surface area contributed by atoms with Gasteiger partial charge in [-0.15, -0.1) is 0 Å². The molecule has 1 aromatic heterocycles. The second-order valence-corrected chi connectivity index (χ2v) is 4.07. The van der Waals surface area contributed by atoms with Crippen molar-refractivity contribution in [3.8, 4) is 0 Å². The molecule has 0 aliphatic rings. The molecular weight excluding hydrogens is 158 g/mol. The largest absolute Gasteiger partial charge is 0.268 e. The fraction of sp³-hybridized carbons (Fsp3) is 0.375. The summed E-state index contributed by atoms with van der Waals surface area (Å²) in [5.41, 5.74) is 0.0474. The molecule has 2 nitrogen and oxygen atoms in total. The van der Waals surface area contributed by atoms with E-state index < -0.39 is 0 Å². The normalized spacial score (nSPS) is 10.5. The predicted molar refractivity (Wildman–Crippen MR) is 48.8 cm³/mol. The van der Waals surface area contributed by atoms with Crippen LogP contribution in [0.5, 0.6) is 0 Å². The molecule has 0 aliphatic carbocycles. The highest BCUT2D eigenvalue weighted by molar-refractivity contribution is 7.98. The molecule has 0 aliphatic heterocycles. The van der Waals surface area contributed by atoms with Gasteiger partial charge in [-0.25, -0.2) is 0 Å². The first-order valence-electron chi connectivity index (χ1n) is 3.55. The molecule has 0 radical (unpaired) electrons. The molecule has 0 saturated carbocycles. The fourth-order valence-electron chi connectivity index (χ4n) is 0.727. The molecule has 0 saturated heterocycles. The van der Waals surface area contributed by atoms with E-state index in [1.165, 1.54) is 11.9 Å². The summed E-state index contributed by atoms with van der Waals surface area (Å²) in [4.78, 5) is 11.1. The van der Waals surface area contributed by atoms with Crippen molar-refractivity contribution in [1.29, 1.82) is 0 Å². The maximum Gasteiger partial charge on any atom is 0.260 e. The van der Waals surface area contributed by atoms with Crippen LogP contribution in [0.1, 0.15) is 13.8 Å². The monoisotopic (exact) mass is 169 g/mol. The summed E-state index contributed by atoms with van der Waals surface area (Å²) in [7, 11) is 0. The van der Waals surface area contributed by atoms with Gasteiger partial charge in [0, 0.05) is 17.5 Å². The summed E-state index contributed by atoms with van der Waals surface area (Å²) in [6.45, 7) is 4.12. The molecule has 1 rings (SSSR count). The summed E-state index contributed by atoms with van der Waals surface area (Å²) in [5, 5.41) is 0.440. The first-order valence-corrected chi connectivity index (χ1v) is 4.38.